The number of hydrogen-bond donors (Lipinski definition) is 1. The summed E-state index contributed by atoms with van der Waals surface area (Å²) in [5, 5.41) is 11.3. The molecule has 2 aliphatic carbocycles. The van der Waals surface area contributed by atoms with Crippen LogP contribution >= 0.6 is 23.2 Å². The van der Waals surface area contributed by atoms with E-state index in [-0.39, 0.29) is 24.0 Å². The first-order valence-corrected chi connectivity index (χ1v) is 13.0. The number of nitrogens with zero attached hydrogens (tertiary/aromatic N) is 2. The average Bonchev–Trinajstić information content (AvgIpc) is 3.16. The largest absolute Gasteiger partial charge is 0.507 e. The summed E-state index contributed by atoms with van der Waals surface area (Å²) >= 11 is 14.2. The minimum absolute atomic E-state index is 0.0530. The number of allylic oxidation sites excluding steroid dienone is 3. The Morgan fingerprint density at radius 3 is 2.53 bits per heavy atom. The van der Waals surface area contributed by atoms with E-state index in [1.165, 1.54) is 11.9 Å². The molecule has 2 heterocycles. The van der Waals surface area contributed by atoms with Crippen LogP contribution in [0, 0.1) is 17.8 Å². The average molecular weight is 531 g/mol. The fourth-order valence-electron chi connectivity index (χ4n) is 6.76. The molecule has 0 aromatic heterocycles. The van der Waals surface area contributed by atoms with E-state index in [1.807, 2.05) is 13.0 Å². The Labute approximate surface area is 219 Å². The molecule has 190 valence electrons. The van der Waals surface area contributed by atoms with Crippen molar-refractivity contribution in [3.05, 3.63) is 53.6 Å². The third kappa shape index (κ3) is 2.99. The van der Waals surface area contributed by atoms with E-state index in [0.717, 1.165) is 4.90 Å². The molecule has 1 aromatic carbocycles. The van der Waals surface area contributed by atoms with Crippen molar-refractivity contribution in [2.75, 3.05) is 13.6 Å². The van der Waals surface area contributed by atoms with E-state index >= 15 is 0 Å². The van der Waals surface area contributed by atoms with Crippen molar-refractivity contribution >= 4 is 46.8 Å². The van der Waals surface area contributed by atoms with Crippen LogP contribution in [0.4, 0.5) is 0 Å². The van der Waals surface area contributed by atoms with Gasteiger partial charge in [-0.1, -0.05) is 42.8 Å². The topological polar surface area (TPSA) is 95.0 Å². The van der Waals surface area contributed by atoms with Crippen LogP contribution in [0.3, 0.4) is 0 Å². The molecule has 0 unspecified atom stereocenters. The lowest BCUT2D eigenvalue weighted by atomic mass is 9.56. The Morgan fingerprint density at radius 2 is 1.86 bits per heavy atom. The minimum Gasteiger partial charge on any atom is -0.507 e. The molecule has 1 N–H and O–H groups in total. The van der Waals surface area contributed by atoms with E-state index in [0.29, 0.717) is 42.5 Å². The standard InChI is InChI=1S/C27H28Cl2N2O5/c1-4-7-14-8-6-9-17(21(14)32)20-15-10-11-16-19(23(34)31(12-5-2)22(16)33)18(15)13-26(28)24(35)30(3)25(36)27(20,26)29/h4,6,8-10,16,18-20,32H,1,5,7,11-13H2,2-3H3/t16-,18+,19-,20+,26+,27-/m0/s1. The lowest BCUT2D eigenvalue weighted by Crippen LogP contribution is -2.60. The molecule has 0 spiro atoms. The number of hydrogen-bond acceptors (Lipinski definition) is 5. The predicted molar refractivity (Wildman–Crippen MR) is 134 cm³/mol. The van der Waals surface area contributed by atoms with Gasteiger partial charge in [0.05, 0.1) is 11.8 Å². The number of benzene rings is 1. The number of fused-ring (bicyclic) bond motifs is 4. The van der Waals surface area contributed by atoms with E-state index in [1.54, 1.807) is 24.3 Å². The molecule has 0 radical (unpaired) electrons. The van der Waals surface area contributed by atoms with Gasteiger partial charge in [0.2, 0.25) is 11.8 Å². The first-order chi connectivity index (χ1) is 17.0. The van der Waals surface area contributed by atoms with Gasteiger partial charge >= 0.3 is 0 Å². The maximum Gasteiger partial charge on any atom is 0.253 e. The third-order valence-electron chi connectivity index (χ3n) is 8.38. The van der Waals surface area contributed by atoms with Gasteiger partial charge in [-0.05, 0) is 37.2 Å². The Kier molecular flexibility index (Phi) is 5.88. The van der Waals surface area contributed by atoms with Crippen molar-refractivity contribution in [1.82, 2.24) is 9.80 Å². The highest BCUT2D eigenvalue weighted by Crippen LogP contribution is 2.66. The van der Waals surface area contributed by atoms with Crippen molar-refractivity contribution < 1.29 is 24.3 Å². The molecule has 5 rings (SSSR count). The molecular weight excluding hydrogens is 503 g/mol. The Hall–Kier alpha value is -2.64. The van der Waals surface area contributed by atoms with Crippen LogP contribution in [0.15, 0.2) is 42.5 Å². The zero-order valence-electron chi connectivity index (χ0n) is 20.2. The molecule has 1 saturated carbocycles. The Morgan fingerprint density at radius 1 is 1.14 bits per heavy atom. The van der Waals surface area contributed by atoms with Crippen molar-refractivity contribution in [1.29, 1.82) is 0 Å². The summed E-state index contributed by atoms with van der Waals surface area (Å²) in [5.74, 6) is -4.63. The van der Waals surface area contributed by atoms with Crippen LogP contribution in [0.25, 0.3) is 0 Å². The van der Waals surface area contributed by atoms with Crippen molar-refractivity contribution in [2.24, 2.45) is 17.8 Å². The van der Waals surface area contributed by atoms with Gasteiger partial charge in [-0.15, -0.1) is 29.8 Å². The number of carbonyl (C=O) groups is 4. The fourth-order valence-corrected chi connectivity index (χ4v) is 7.77. The predicted octanol–water partition coefficient (Wildman–Crippen LogP) is 3.52. The summed E-state index contributed by atoms with van der Waals surface area (Å²) in [6, 6.07) is 5.17. The maximum absolute atomic E-state index is 13.6. The fraction of sp³-hybridized carbons (Fsp3) is 0.481. The number of likely N-dealkylation sites (tertiary alicyclic amines) is 2. The number of phenolic OH excluding ortho intramolecular Hbond substituents is 1. The molecule has 9 heteroatoms. The second kappa shape index (κ2) is 8.45. The zero-order chi connectivity index (χ0) is 26.2. The number of carbonyl (C=O) groups excluding carboxylic acids is 4. The lowest BCUT2D eigenvalue weighted by molar-refractivity contribution is -0.141. The first kappa shape index (κ1) is 25.0. The number of imide groups is 2. The Balaban J connectivity index is 1.73. The highest BCUT2D eigenvalue weighted by molar-refractivity contribution is 6.53. The molecule has 2 aliphatic heterocycles. The van der Waals surface area contributed by atoms with Gasteiger partial charge in [0, 0.05) is 25.1 Å². The summed E-state index contributed by atoms with van der Waals surface area (Å²) in [6.45, 7) is 5.96. The maximum atomic E-state index is 13.6. The monoisotopic (exact) mass is 530 g/mol. The molecule has 36 heavy (non-hydrogen) atoms. The normalized spacial score (nSPS) is 35.5. The van der Waals surface area contributed by atoms with E-state index < -0.39 is 45.2 Å². The SMILES string of the molecule is C=CCc1cccc([C@H]2C3=CC[C@@H]4C(=O)N(CCC)C(=O)[C@@H]4[C@@H]3C[C@@]3(Cl)C(=O)N(C)C(=O)[C@@]23Cl)c1O. The smallest absolute Gasteiger partial charge is 0.253 e. The van der Waals surface area contributed by atoms with Gasteiger partial charge in [-0.3, -0.25) is 29.0 Å². The number of alkyl halides is 2. The lowest BCUT2D eigenvalue weighted by Gasteiger charge is -2.50. The Bertz CT molecular complexity index is 1240. The molecule has 6 atom stereocenters. The summed E-state index contributed by atoms with van der Waals surface area (Å²) < 4.78 is 0. The molecule has 2 saturated heterocycles. The van der Waals surface area contributed by atoms with Gasteiger partial charge in [-0.25, -0.2) is 0 Å². The van der Waals surface area contributed by atoms with E-state index in [4.69, 9.17) is 23.2 Å². The van der Waals surface area contributed by atoms with Gasteiger partial charge < -0.3 is 5.11 Å². The quantitative estimate of drug-likeness (QED) is 0.357. The van der Waals surface area contributed by atoms with Crippen LogP contribution in [0.2, 0.25) is 0 Å². The molecule has 3 fully saturated rings. The highest BCUT2D eigenvalue weighted by Gasteiger charge is 2.76. The molecule has 0 bridgehead atoms. The summed E-state index contributed by atoms with van der Waals surface area (Å²) in [6.07, 6.45) is 4.79. The zero-order valence-corrected chi connectivity index (χ0v) is 21.7. The number of rotatable bonds is 5. The van der Waals surface area contributed by atoms with E-state index in [9.17, 15) is 24.3 Å². The van der Waals surface area contributed by atoms with Crippen LogP contribution in [0.1, 0.15) is 43.2 Å². The molecule has 7 nitrogen and oxygen atoms in total. The number of para-hydroxylation sites is 1. The van der Waals surface area contributed by atoms with E-state index in [2.05, 4.69) is 6.58 Å². The second-order valence-electron chi connectivity index (χ2n) is 10.2. The third-order valence-corrected chi connectivity index (χ3v) is 9.79. The number of halogens is 2. The van der Waals surface area contributed by atoms with Crippen molar-refractivity contribution in [3.8, 4) is 5.75 Å². The molecule has 4 aliphatic rings. The van der Waals surface area contributed by atoms with Gasteiger partial charge in [0.15, 0.2) is 9.75 Å². The number of aromatic hydroxyl groups is 1. The molecular formula is C27H28Cl2N2O5. The number of phenols is 1. The number of amides is 4. The van der Waals surface area contributed by atoms with Crippen LogP contribution in [-0.2, 0) is 25.6 Å². The highest BCUT2D eigenvalue weighted by atomic mass is 35.5. The summed E-state index contributed by atoms with van der Waals surface area (Å²) in [4.78, 5) is 52.1. The molecule has 4 amide bonds. The summed E-state index contributed by atoms with van der Waals surface area (Å²) in [7, 11) is 1.34. The summed E-state index contributed by atoms with van der Waals surface area (Å²) in [5.41, 5.74) is 1.62. The van der Waals surface area contributed by atoms with Gasteiger partial charge in [-0.2, -0.15) is 0 Å². The van der Waals surface area contributed by atoms with Gasteiger partial charge in [0.1, 0.15) is 5.75 Å². The van der Waals surface area contributed by atoms with Crippen LogP contribution in [0.5, 0.6) is 5.75 Å². The van der Waals surface area contributed by atoms with Gasteiger partial charge in [0.25, 0.3) is 11.8 Å². The van der Waals surface area contributed by atoms with Crippen LogP contribution < -0.4 is 0 Å². The first-order valence-electron chi connectivity index (χ1n) is 12.2. The van der Waals surface area contributed by atoms with Crippen LogP contribution in [-0.4, -0.2) is 61.9 Å². The van der Waals surface area contributed by atoms with Crippen molar-refractivity contribution in [3.63, 3.8) is 0 Å². The van der Waals surface area contributed by atoms with Crippen molar-refractivity contribution in [2.45, 2.75) is 48.3 Å². The second-order valence-corrected chi connectivity index (χ2v) is 11.4. The molecule has 1 aromatic rings. The minimum atomic E-state index is -1.91.